The second kappa shape index (κ2) is 11.2. The summed E-state index contributed by atoms with van der Waals surface area (Å²) in [5, 5.41) is 0.506. The van der Waals surface area contributed by atoms with E-state index in [4.69, 9.17) is 4.74 Å². The van der Waals surface area contributed by atoms with Crippen molar-refractivity contribution < 1.29 is 17.9 Å². The van der Waals surface area contributed by atoms with Crippen LogP contribution in [-0.2, 0) is 10.0 Å². The van der Waals surface area contributed by atoms with Gasteiger partial charge in [-0.15, -0.1) is 0 Å². The van der Waals surface area contributed by atoms with E-state index in [1.807, 2.05) is 12.1 Å². The molecule has 1 amide bonds. The standard InChI is InChI=1S/C27H41BrN4O4S/c1-18(2)29-9-7-22(8-10-29)36-26-16-21-15-25(32(19(3)4)24(21)17-23(26)28)27(33)30-11-13-31(14-12-30)37(34,35)20(5)6/h15-20,22H,7-14H2,1-6H3. The molecule has 0 saturated carbocycles. The summed E-state index contributed by atoms with van der Waals surface area (Å²) in [5.41, 5.74) is 1.60. The molecule has 2 fully saturated rings. The van der Waals surface area contributed by atoms with E-state index in [2.05, 4.69) is 59.2 Å². The van der Waals surface area contributed by atoms with Crippen LogP contribution in [0, 0.1) is 0 Å². The number of amides is 1. The quantitative estimate of drug-likeness (QED) is 0.462. The summed E-state index contributed by atoms with van der Waals surface area (Å²) in [6, 6.07) is 6.68. The normalized spacial score (nSPS) is 19.0. The molecule has 3 heterocycles. The van der Waals surface area contributed by atoms with Crippen LogP contribution < -0.4 is 4.74 Å². The number of hydrogen-bond donors (Lipinski definition) is 0. The van der Waals surface area contributed by atoms with Gasteiger partial charge >= 0.3 is 0 Å². The van der Waals surface area contributed by atoms with Gasteiger partial charge in [0, 0.05) is 56.7 Å². The number of nitrogens with zero attached hydrogens (tertiary/aromatic N) is 4. The largest absolute Gasteiger partial charge is 0.489 e. The van der Waals surface area contributed by atoms with Gasteiger partial charge in [-0.3, -0.25) is 4.79 Å². The molecular formula is C27H41BrN4O4S. The molecule has 2 aromatic rings. The minimum atomic E-state index is -3.32. The Morgan fingerprint density at radius 2 is 1.54 bits per heavy atom. The van der Waals surface area contributed by atoms with Crippen molar-refractivity contribution in [1.82, 2.24) is 18.7 Å². The van der Waals surface area contributed by atoms with Gasteiger partial charge < -0.3 is 19.1 Å². The molecule has 10 heteroatoms. The van der Waals surface area contributed by atoms with Crippen molar-refractivity contribution in [3.8, 4) is 5.75 Å². The average molecular weight is 598 g/mol. The molecule has 2 aliphatic rings. The van der Waals surface area contributed by atoms with Crippen molar-refractivity contribution in [2.45, 2.75) is 77.8 Å². The Labute approximate surface area is 230 Å². The smallest absolute Gasteiger partial charge is 0.270 e. The number of aromatic nitrogens is 1. The van der Waals surface area contributed by atoms with Crippen LogP contribution in [0.2, 0.25) is 0 Å². The zero-order valence-electron chi connectivity index (χ0n) is 22.9. The highest BCUT2D eigenvalue weighted by atomic mass is 79.9. The molecule has 0 radical (unpaired) electrons. The first kappa shape index (κ1) is 28.4. The molecule has 0 aliphatic carbocycles. The van der Waals surface area contributed by atoms with E-state index in [1.165, 1.54) is 4.31 Å². The minimum absolute atomic E-state index is 0.0638. The Balaban J connectivity index is 1.54. The van der Waals surface area contributed by atoms with Gasteiger partial charge in [-0.25, -0.2) is 8.42 Å². The van der Waals surface area contributed by atoms with Crippen LogP contribution in [0.1, 0.15) is 70.9 Å². The fraction of sp³-hybridized carbons (Fsp3) is 0.667. The predicted molar refractivity (Wildman–Crippen MR) is 152 cm³/mol. The second-order valence-corrected chi connectivity index (χ2v) is 14.4. The van der Waals surface area contributed by atoms with E-state index in [0.29, 0.717) is 37.9 Å². The second-order valence-electron chi connectivity index (χ2n) is 11.1. The fourth-order valence-electron chi connectivity index (χ4n) is 5.34. The Morgan fingerprint density at radius 3 is 2.08 bits per heavy atom. The lowest BCUT2D eigenvalue weighted by Gasteiger charge is -2.35. The van der Waals surface area contributed by atoms with Crippen LogP contribution >= 0.6 is 15.9 Å². The molecule has 8 nitrogen and oxygen atoms in total. The van der Waals surface area contributed by atoms with Crippen molar-refractivity contribution in [1.29, 1.82) is 0 Å². The number of sulfonamides is 1. The van der Waals surface area contributed by atoms with Crippen LogP contribution in [0.5, 0.6) is 5.75 Å². The Kier molecular flexibility index (Phi) is 8.62. The summed E-state index contributed by atoms with van der Waals surface area (Å²) in [6.07, 6.45) is 2.17. The number of hydrogen-bond acceptors (Lipinski definition) is 5. The number of piperazine rings is 1. The number of carbonyl (C=O) groups excluding carboxylic acids is 1. The molecule has 37 heavy (non-hydrogen) atoms. The third kappa shape index (κ3) is 5.87. The number of halogens is 1. The molecule has 0 spiro atoms. The number of carbonyl (C=O) groups is 1. The van der Waals surface area contributed by atoms with E-state index >= 15 is 0 Å². The summed E-state index contributed by atoms with van der Waals surface area (Å²) >= 11 is 3.72. The first-order valence-electron chi connectivity index (χ1n) is 13.4. The molecular weight excluding hydrogens is 556 g/mol. The number of likely N-dealkylation sites (tertiary alicyclic amines) is 1. The zero-order valence-corrected chi connectivity index (χ0v) is 25.3. The highest BCUT2D eigenvalue weighted by Crippen LogP contribution is 2.36. The highest BCUT2D eigenvalue weighted by molar-refractivity contribution is 9.10. The van der Waals surface area contributed by atoms with Gasteiger partial charge in [-0.1, -0.05) is 0 Å². The molecule has 0 unspecified atom stereocenters. The van der Waals surface area contributed by atoms with Crippen LogP contribution in [0.3, 0.4) is 0 Å². The predicted octanol–water partition coefficient (Wildman–Crippen LogP) is 4.73. The van der Waals surface area contributed by atoms with Gasteiger partial charge in [-0.05, 0) is 88.5 Å². The molecule has 2 saturated heterocycles. The maximum atomic E-state index is 13.6. The lowest BCUT2D eigenvalue weighted by atomic mass is 10.1. The Bertz CT molecular complexity index is 1220. The van der Waals surface area contributed by atoms with Crippen molar-refractivity contribution >= 4 is 42.8 Å². The van der Waals surface area contributed by atoms with Crippen molar-refractivity contribution in [2.24, 2.45) is 0 Å². The summed E-state index contributed by atoms with van der Waals surface area (Å²) in [5.74, 6) is 0.744. The summed E-state index contributed by atoms with van der Waals surface area (Å²) in [7, 11) is -3.32. The van der Waals surface area contributed by atoms with Crippen LogP contribution in [-0.4, -0.2) is 89.7 Å². The zero-order chi connectivity index (χ0) is 27.1. The molecule has 0 bridgehead atoms. The summed E-state index contributed by atoms with van der Waals surface area (Å²) < 4.78 is 36.0. The maximum Gasteiger partial charge on any atom is 0.270 e. The first-order valence-corrected chi connectivity index (χ1v) is 15.7. The number of fused-ring (bicyclic) bond motifs is 1. The molecule has 1 aromatic carbocycles. The van der Waals surface area contributed by atoms with Crippen LogP contribution in [0.15, 0.2) is 22.7 Å². The van der Waals surface area contributed by atoms with E-state index in [9.17, 15) is 13.2 Å². The van der Waals surface area contributed by atoms with Gasteiger partial charge in [0.25, 0.3) is 5.91 Å². The van der Waals surface area contributed by atoms with Crippen molar-refractivity contribution in [3.05, 3.63) is 28.4 Å². The third-order valence-corrected chi connectivity index (χ3v) is 10.5. The Hall–Kier alpha value is -1.62. The molecule has 0 atom stereocenters. The Morgan fingerprint density at radius 1 is 0.919 bits per heavy atom. The van der Waals surface area contributed by atoms with Gasteiger partial charge in [0.15, 0.2) is 0 Å². The van der Waals surface area contributed by atoms with E-state index in [-0.39, 0.29) is 18.1 Å². The maximum absolute atomic E-state index is 13.6. The summed E-state index contributed by atoms with van der Waals surface area (Å²) in [4.78, 5) is 17.9. The van der Waals surface area contributed by atoms with Gasteiger partial charge in [-0.2, -0.15) is 4.31 Å². The highest BCUT2D eigenvalue weighted by Gasteiger charge is 2.32. The topological polar surface area (TPSA) is 75.1 Å². The molecule has 1 aromatic heterocycles. The van der Waals surface area contributed by atoms with Gasteiger partial charge in [0.1, 0.15) is 17.5 Å². The monoisotopic (exact) mass is 596 g/mol. The van der Waals surface area contributed by atoms with Crippen LogP contribution in [0.4, 0.5) is 0 Å². The fourth-order valence-corrected chi connectivity index (χ4v) is 7.03. The first-order chi connectivity index (χ1) is 17.4. The van der Waals surface area contributed by atoms with Crippen LogP contribution in [0.25, 0.3) is 10.9 Å². The SMILES string of the molecule is CC(C)N1CCC(Oc2cc3cc(C(=O)N4CCN(S(=O)(=O)C(C)C)CC4)n(C(C)C)c3cc2Br)CC1. The van der Waals surface area contributed by atoms with E-state index in [1.54, 1.807) is 18.7 Å². The van der Waals surface area contributed by atoms with Gasteiger partial charge in [0.2, 0.25) is 10.0 Å². The number of ether oxygens (including phenoxy) is 1. The number of piperidine rings is 1. The van der Waals surface area contributed by atoms with E-state index in [0.717, 1.165) is 47.1 Å². The van der Waals surface area contributed by atoms with Crippen molar-refractivity contribution in [2.75, 3.05) is 39.3 Å². The molecule has 2 aliphatic heterocycles. The summed E-state index contributed by atoms with van der Waals surface area (Å²) in [6.45, 7) is 15.5. The van der Waals surface area contributed by atoms with E-state index < -0.39 is 15.3 Å². The van der Waals surface area contributed by atoms with Crippen molar-refractivity contribution in [3.63, 3.8) is 0 Å². The lowest BCUT2D eigenvalue weighted by molar-refractivity contribution is 0.0685. The minimum Gasteiger partial charge on any atom is -0.489 e. The third-order valence-electron chi connectivity index (χ3n) is 7.61. The molecule has 4 rings (SSSR count). The molecule has 206 valence electrons. The molecule has 0 N–H and O–H groups in total. The number of rotatable bonds is 7. The average Bonchev–Trinajstić information content (AvgIpc) is 3.22. The van der Waals surface area contributed by atoms with Gasteiger partial charge in [0.05, 0.1) is 15.2 Å². The number of benzene rings is 1. The lowest BCUT2D eigenvalue weighted by Crippen LogP contribution is -2.52.